The first-order chi connectivity index (χ1) is 26.6. The van der Waals surface area contributed by atoms with Gasteiger partial charge in [0.05, 0.1) is 19.7 Å². The summed E-state index contributed by atoms with van der Waals surface area (Å²) in [6, 6.07) is -0.760. The number of carbonyl (C=O) groups excluding carboxylic acids is 8. The third kappa shape index (κ3) is 11.9. The second kappa shape index (κ2) is 20.1. The lowest BCUT2D eigenvalue weighted by molar-refractivity contribution is -0.148. The number of aliphatic hydroxyl groups is 1. The molecule has 3 aliphatic rings. The van der Waals surface area contributed by atoms with E-state index in [9.17, 15) is 48.6 Å². The Labute approximate surface area is 326 Å². The van der Waals surface area contributed by atoms with Crippen molar-refractivity contribution in [2.45, 2.75) is 109 Å². The number of aliphatic hydroxyl groups excluding tert-OH is 1. The number of phenolic OH excluding ortho intramolecular Hbond substituents is 1. The number of nitrogens with zero attached hydrogens (tertiary/aromatic N) is 2. The highest BCUT2D eigenvalue weighted by atomic mass is 16.3. The summed E-state index contributed by atoms with van der Waals surface area (Å²) in [4.78, 5) is 111. The van der Waals surface area contributed by atoms with E-state index < -0.39 is 103 Å². The molecule has 308 valence electrons. The molecular weight excluding hydrogens is 728 g/mol. The van der Waals surface area contributed by atoms with Crippen molar-refractivity contribution >= 4 is 47.3 Å². The van der Waals surface area contributed by atoms with Crippen LogP contribution in [0.2, 0.25) is 0 Å². The number of phenols is 1. The highest BCUT2D eigenvalue weighted by molar-refractivity contribution is 5.98. The van der Waals surface area contributed by atoms with Crippen LogP contribution >= 0.6 is 0 Å². The number of amides is 8. The molecule has 18 heteroatoms. The summed E-state index contributed by atoms with van der Waals surface area (Å²) >= 11 is 0. The molecule has 0 aliphatic carbocycles. The number of benzene rings is 1. The first-order valence-corrected chi connectivity index (χ1v) is 19.3. The Balaban J connectivity index is 1.66. The van der Waals surface area contributed by atoms with E-state index in [0.29, 0.717) is 31.2 Å². The van der Waals surface area contributed by atoms with Gasteiger partial charge >= 0.3 is 0 Å². The fraction of sp³-hybridized carbons (Fsp3) is 0.632. The summed E-state index contributed by atoms with van der Waals surface area (Å²) in [5.74, 6) is -5.50. The van der Waals surface area contributed by atoms with Crippen LogP contribution in [0.5, 0.6) is 5.75 Å². The van der Waals surface area contributed by atoms with E-state index in [1.165, 1.54) is 21.9 Å². The maximum atomic E-state index is 14.3. The van der Waals surface area contributed by atoms with Crippen molar-refractivity contribution in [3.05, 3.63) is 29.8 Å². The number of rotatable bonds is 7. The van der Waals surface area contributed by atoms with Crippen LogP contribution in [0.25, 0.3) is 0 Å². The lowest BCUT2D eigenvalue weighted by Crippen LogP contribution is -2.60. The van der Waals surface area contributed by atoms with Gasteiger partial charge in [0.15, 0.2) is 0 Å². The van der Waals surface area contributed by atoms with Crippen LogP contribution in [0.15, 0.2) is 24.3 Å². The zero-order valence-corrected chi connectivity index (χ0v) is 32.5. The number of aromatic hydroxyl groups is 1. The summed E-state index contributed by atoms with van der Waals surface area (Å²) in [5, 5.41) is 34.9. The molecule has 3 fully saturated rings. The molecule has 4 rings (SSSR count). The molecule has 3 aliphatic heterocycles. The number of nitrogens with one attached hydrogen (secondary N) is 6. The molecule has 8 N–H and O–H groups in total. The lowest BCUT2D eigenvalue weighted by atomic mass is 10.00. The van der Waals surface area contributed by atoms with Crippen molar-refractivity contribution in [3.63, 3.8) is 0 Å². The van der Waals surface area contributed by atoms with E-state index >= 15 is 0 Å². The van der Waals surface area contributed by atoms with Crippen molar-refractivity contribution in [1.29, 1.82) is 0 Å². The predicted octanol–water partition coefficient (Wildman–Crippen LogP) is -1.81. The SMILES string of the molecule is CC(C)C[C@H]1NC(=O)[C@@H]2CCCN2C(=O)[C@@H]2CCCN2C(=O)[C@@H](CC(C)C)NC(=O)[C@H](Cc2ccc(O)cc2)NC(=O)CNC(=O)CNC(=O)[C@H](CO)NC1=O. The van der Waals surface area contributed by atoms with Crippen LogP contribution in [-0.4, -0.2) is 136 Å². The third-order valence-corrected chi connectivity index (χ3v) is 10.0. The first-order valence-electron chi connectivity index (χ1n) is 19.3. The largest absolute Gasteiger partial charge is 0.508 e. The molecule has 1 aromatic carbocycles. The van der Waals surface area contributed by atoms with Gasteiger partial charge in [-0.3, -0.25) is 38.4 Å². The Morgan fingerprint density at radius 2 is 1.14 bits per heavy atom. The van der Waals surface area contributed by atoms with Crippen molar-refractivity contribution < 1.29 is 48.6 Å². The van der Waals surface area contributed by atoms with Gasteiger partial charge in [-0.05, 0) is 68.1 Å². The molecule has 6 atom stereocenters. The molecule has 0 unspecified atom stereocenters. The summed E-state index contributed by atoms with van der Waals surface area (Å²) in [6.45, 7) is 5.89. The molecule has 8 amide bonds. The lowest BCUT2D eigenvalue weighted by Gasteiger charge is -2.34. The molecule has 56 heavy (non-hydrogen) atoms. The van der Waals surface area contributed by atoms with Gasteiger partial charge in [-0.1, -0.05) is 39.8 Å². The Kier molecular flexibility index (Phi) is 15.6. The minimum Gasteiger partial charge on any atom is -0.508 e. The highest BCUT2D eigenvalue weighted by Crippen LogP contribution is 2.27. The molecule has 3 saturated heterocycles. The molecule has 0 bridgehead atoms. The van der Waals surface area contributed by atoms with E-state index in [0.717, 1.165) is 0 Å². The van der Waals surface area contributed by atoms with Crippen LogP contribution < -0.4 is 31.9 Å². The Bertz CT molecular complexity index is 1620. The first kappa shape index (κ1) is 43.5. The average Bonchev–Trinajstić information content (AvgIpc) is 3.85. The van der Waals surface area contributed by atoms with E-state index in [-0.39, 0.29) is 49.9 Å². The van der Waals surface area contributed by atoms with Gasteiger partial charge in [0.2, 0.25) is 47.3 Å². The molecule has 1 aromatic rings. The van der Waals surface area contributed by atoms with E-state index in [4.69, 9.17) is 0 Å². The van der Waals surface area contributed by atoms with E-state index in [1.54, 1.807) is 12.1 Å². The Hall–Kier alpha value is -5.26. The van der Waals surface area contributed by atoms with Gasteiger partial charge in [0.25, 0.3) is 0 Å². The van der Waals surface area contributed by atoms with Crippen molar-refractivity contribution in [2.24, 2.45) is 11.8 Å². The Morgan fingerprint density at radius 1 is 0.607 bits per heavy atom. The van der Waals surface area contributed by atoms with Gasteiger partial charge in [-0.25, -0.2) is 0 Å². The van der Waals surface area contributed by atoms with Gasteiger partial charge in [-0.15, -0.1) is 0 Å². The fourth-order valence-electron chi connectivity index (χ4n) is 7.24. The molecule has 0 spiro atoms. The normalized spacial score (nSPS) is 26.8. The molecule has 0 radical (unpaired) electrons. The van der Waals surface area contributed by atoms with E-state index in [1.807, 2.05) is 27.7 Å². The van der Waals surface area contributed by atoms with Crippen molar-refractivity contribution in [3.8, 4) is 5.75 Å². The van der Waals surface area contributed by atoms with Crippen LogP contribution in [-0.2, 0) is 44.8 Å². The monoisotopic (exact) mass is 784 g/mol. The van der Waals surface area contributed by atoms with Gasteiger partial charge in [0.1, 0.15) is 42.0 Å². The zero-order valence-electron chi connectivity index (χ0n) is 32.5. The van der Waals surface area contributed by atoms with Gasteiger partial charge < -0.3 is 51.9 Å². The summed E-state index contributed by atoms with van der Waals surface area (Å²) < 4.78 is 0. The second-order valence-electron chi connectivity index (χ2n) is 15.5. The van der Waals surface area contributed by atoms with Crippen LogP contribution in [0, 0.1) is 11.8 Å². The highest BCUT2D eigenvalue weighted by Gasteiger charge is 2.44. The van der Waals surface area contributed by atoms with Crippen molar-refractivity contribution in [1.82, 2.24) is 41.7 Å². The number of hydrogen-bond acceptors (Lipinski definition) is 10. The van der Waals surface area contributed by atoms with Crippen LogP contribution in [0.1, 0.15) is 71.8 Å². The van der Waals surface area contributed by atoms with Crippen LogP contribution in [0.3, 0.4) is 0 Å². The zero-order chi connectivity index (χ0) is 41.1. The standard InChI is InChI=1S/C38H56N8O10/c1-21(2)15-25-34(52)44-28(20-47)33(51)40-18-31(49)39-19-32(50)41-26(17-23-9-11-24(48)12-10-23)35(53)43-27(16-22(3)4)37(55)46-14-6-8-30(46)38(56)45-13-5-7-29(45)36(54)42-25/h9-12,21-22,25-30,47-48H,5-8,13-20H2,1-4H3,(H,39,49)(H,40,51)(H,41,50)(H,42,54)(H,43,53)(H,44,52)/t25-,26+,27-,28+,29+,30+/m1/s1. The van der Waals surface area contributed by atoms with Gasteiger partial charge in [-0.2, -0.15) is 0 Å². The maximum absolute atomic E-state index is 14.3. The Morgan fingerprint density at radius 3 is 1.77 bits per heavy atom. The van der Waals surface area contributed by atoms with Gasteiger partial charge in [0, 0.05) is 19.5 Å². The second-order valence-corrected chi connectivity index (χ2v) is 15.5. The number of fused-ring (bicyclic) bond motifs is 2. The molecule has 3 heterocycles. The summed E-state index contributed by atoms with van der Waals surface area (Å²) in [7, 11) is 0. The number of carbonyl (C=O) groups is 8. The third-order valence-electron chi connectivity index (χ3n) is 10.0. The molecule has 18 nitrogen and oxygen atoms in total. The summed E-state index contributed by atoms with van der Waals surface area (Å²) in [5.41, 5.74) is 0.574. The minimum atomic E-state index is -1.48. The number of hydrogen-bond donors (Lipinski definition) is 8. The average molecular weight is 785 g/mol. The maximum Gasteiger partial charge on any atom is 0.246 e. The molecule has 0 aromatic heterocycles. The van der Waals surface area contributed by atoms with Crippen molar-refractivity contribution in [2.75, 3.05) is 32.8 Å². The minimum absolute atomic E-state index is 0.00745. The summed E-state index contributed by atoms with van der Waals surface area (Å²) in [6.07, 6.45) is 2.02. The topological polar surface area (TPSA) is 256 Å². The van der Waals surface area contributed by atoms with E-state index in [2.05, 4.69) is 31.9 Å². The predicted molar refractivity (Wildman–Crippen MR) is 201 cm³/mol. The smallest absolute Gasteiger partial charge is 0.246 e. The van der Waals surface area contributed by atoms with Crippen LogP contribution in [0.4, 0.5) is 0 Å². The molecular formula is C38H56N8O10. The quantitative estimate of drug-likeness (QED) is 0.154. The molecule has 0 saturated carbocycles. The fourth-order valence-corrected chi connectivity index (χ4v) is 7.24.